The summed E-state index contributed by atoms with van der Waals surface area (Å²) in [6, 6.07) is 0. The maximum atomic E-state index is 11.1. The van der Waals surface area contributed by atoms with Crippen LogP contribution < -0.4 is 0 Å². The van der Waals surface area contributed by atoms with E-state index in [-0.39, 0.29) is 22.5 Å². The molecule has 3 nitrogen and oxygen atoms in total. The maximum absolute atomic E-state index is 11.1. The van der Waals surface area contributed by atoms with E-state index in [9.17, 15) is 5.11 Å². The van der Waals surface area contributed by atoms with Crippen molar-refractivity contribution < 1.29 is 5.11 Å². The van der Waals surface area contributed by atoms with E-state index < -0.39 is 5.72 Å². The Hall–Kier alpha value is -0.0000000000000000833. The van der Waals surface area contributed by atoms with E-state index in [1.54, 1.807) is 11.8 Å². The van der Waals surface area contributed by atoms with Crippen molar-refractivity contribution >= 4 is 33.9 Å². The first-order valence-corrected chi connectivity index (χ1v) is 8.92. The van der Waals surface area contributed by atoms with Crippen molar-refractivity contribution in [2.24, 2.45) is 10.9 Å². The SMILES string of the molecule is Br.CCC1=C(C)SC2=NC3(O)CCCC3C3(CCCC3)N21. The molecular formula is C16H25BrN2OS. The van der Waals surface area contributed by atoms with Gasteiger partial charge in [0.25, 0.3) is 0 Å². The average Bonchev–Trinajstić information content (AvgIpc) is 3.07. The zero-order valence-corrected chi connectivity index (χ0v) is 15.4. The van der Waals surface area contributed by atoms with E-state index in [0.717, 1.165) is 30.9 Å². The van der Waals surface area contributed by atoms with Crippen LogP contribution in [0.4, 0.5) is 0 Å². The molecule has 2 heterocycles. The summed E-state index contributed by atoms with van der Waals surface area (Å²) in [5, 5.41) is 12.2. The van der Waals surface area contributed by atoms with Crippen molar-refractivity contribution in [3.05, 3.63) is 10.6 Å². The van der Waals surface area contributed by atoms with Gasteiger partial charge in [0.15, 0.2) is 10.9 Å². The summed E-state index contributed by atoms with van der Waals surface area (Å²) in [5.74, 6) is 0.342. The summed E-state index contributed by atoms with van der Waals surface area (Å²) in [6.07, 6.45) is 9.27. The van der Waals surface area contributed by atoms with Crippen molar-refractivity contribution in [1.82, 2.24) is 4.90 Å². The van der Waals surface area contributed by atoms with Gasteiger partial charge in [0.2, 0.25) is 0 Å². The summed E-state index contributed by atoms with van der Waals surface area (Å²) in [6.45, 7) is 4.47. The first-order chi connectivity index (χ1) is 9.61. The minimum Gasteiger partial charge on any atom is -0.369 e. The molecule has 0 aromatic rings. The normalized spacial score (nSPS) is 36.6. The molecule has 21 heavy (non-hydrogen) atoms. The second-order valence-electron chi connectivity index (χ2n) is 6.82. The summed E-state index contributed by atoms with van der Waals surface area (Å²) in [7, 11) is 0. The van der Waals surface area contributed by atoms with Gasteiger partial charge in [-0.1, -0.05) is 31.5 Å². The summed E-state index contributed by atoms with van der Waals surface area (Å²) < 4.78 is 0. The first kappa shape index (κ1) is 15.9. The lowest BCUT2D eigenvalue weighted by molar-refractivity contribution is -0.0619. The van der Waals surface area contributed by atoms with Crippen LogP contribution in [0.2, 0.25) is 0 Å². The summed E-state index contributed by atoms with van der Waals surface area (Å²) >= 11 is 1.79. The van der Waals surface area contributed by atoms with Gasteiger partial charge in [0.1, 0.15) is 0 Å². The van der Waals surface area contributed by atoms with Crippen molar-refractivity contribution in [2.75, 3.05) is 0 Å². The van der Waals surface area contributed by atoms with Crippen molar-refractivity contribution in [3.63, 3.8) is 0 Å². The molecule has 4 aliphatic rings. The molecule has 0 aromatic heterocycles. The minimum atomic E-state index is -0.771. The fourth-order valence-corrected chi connectivity index (χ4v) is 6.35. The second kappa shape index (κ2) is 5.27. The summed E-state index contributed by atoms with van der Waals surface area (Å²) in [5.41, 5.74) is 0.857. The number of rotatable bonds is 1. The number of hydrogen-bond donors (Lipinski definition) is 1. The molecule has 0 aromatic carbocycles. The Kier molecular flexibility index (Phi) is 3.99. The van der Waals surface area contributed by atoms with Crippen molar-refractivity contribution in [3.8, 4) is 0 Å². The van der Waals surface area contributed by atoms with E-state index >= 15 is 0 Å². The molecule has 0 bridgehead atoms. The van der Waals surface area contributed by atoms with Gasteiger partial charge >= 0.3 is 0 Å². The number of aliphatic imine (C=N–C) groups is 1. The third-order valence-electron chi connectivity index (χ3n) is 5.90. The molecule has 0 amide bonds. The van der Waals surface area contributed by atoms with Crippen LogP contribution >= 0.6 is 28.7 Å². The fraction of sp³-hybridized carbons (Fsp3) is 0.812. The Balaban J connectivity index is 0.00000132. The lowest BCUT2D eigenvalue weighted by Gasteiger charge is -2.52. The highest BCUT2D eigenvalue weighted by Gasteiger charge is 2.61. The molecule has 2 aliphatic carbocycles. The number of nitrogens with zero attached hydrogens (tertiary/aromatic N) is 2. The van der Waals surface area contributed by atoms with Gasteiger partial charge in [0.05, 0.1) is 5.54 Å². The van der Waals surface area contributed by atoms with Crippen LogP contribution in [0.3, 0.4) is 0 Å². The lowest BCUT2D eigenvalue weighted by atomic mass is 9.74. The number of thioether (sulfide) groups is 1. The molecule has 2 saturated carbocycles. The van der Waals surface area contributed by atoms with Gasteiger partial charge in [-0.15, -0.1) is 17.0 Å². The number of aliphatic hydroxyl groups is 1. The zero-order chi connectivity index (χ0) is 14.0. The molecule has 2 unspecified atom stereocenters. The Morgan fingerprint density at radius 3 is 2.67 bits per heavy atom. The van der Waals surface area contributed by atoms with E-state index in [2.05, 4.69) is 18.7 Å². The third kappa shape index (κ3) is 1.99. The van der Waals surface area contributed by atoms with Gasteiger partial charge in [0, 0.05) is 16.5 Å². The standard InChI is InChI=1S/C16H24N2OS.BrH/c1-3-12-11(2)20-14-17-16(19)10-6-7-13(16)15(18(12)14)8-4-5-9-15;/h13,19H,3-10H2,1-2H3;1H. The van der Waals surface area contributed by atoms with E-state index in [1.807, 2.05) is 0 Å². The molecule has 5 heteroatoms. The predicted molar refractivity (Wildman–Crippen MR) is 93.7 cm³/mol. The largest absolute Gasteiger partial charge is 0.369 e. The Morgan fingerprint density at radius 2 is 2.00 bits per heavy atom. The zero-order valence-electron chi connectivity index (χ0n) is 12.9. The number of allylic oxidation sites excluding steroid dienone is 2. The monoisotopic (exact) mass is 372 g/mol. The molecule has 118 valence electrons. The van der Waals surface area contributed by atoms with Crippen LogP contribution in [0.5, 0.6) is 0 Å². The highest BCUT2D eigenvalue weighted by molar-refractivity contribution is 8.93. The third-order valence-corrected chi connectivity index (χ3v) is 6.89. The molecular weight excluding hydrogens is 348 g/mol. The smallest absolute Gasteiger partial charge is 0.171 e. The fourth-order valence-electron chi connectivity index (χ4n) is 5.14. The molecule has 2 aliphatic heterocycles. The van der Waals surface area contributed by atoms with Gasteiger partial charge in [-0.05, 0) is 45.4 Å². The molecule has 4 rings (SSSR count). The number of amidine groups is 1. The van der Waals surface area contributed by atoms with Crippen molar-refractivity contribution in [1.29, 1.82) is 0 Å². The second-order valence-corrected chi connectivity index (χ2v) is 8.00. The summed E-state index contributed by atoms with van der Waals surface area (Å²) in [4.78, 5) is 8.77. The minimum absolute atomic E-state index is 0. The van der Waals surface area contributed by atoms with Crippen LogP contribution in [0.25, 0.3) is 0 Å². The molecule has 1 spiro atoms. The predicted octanol–water partition coefficient (Wildman–Crippen LogP) is 4.43. The quantitative estimate of drug-likeness (QED) is 0.739. The Bertz CT molecular complexity index is 512. The van der Waals surface area contributed by atoms with Crippen LogP contribution in [0, 0.1) is 5.92 Å². The lowest BCUT2D eigenvalue weighted by Crippen LogP contribution is -2.61. The maximum Gasteiger partial charge on any atom is 0.171 e. The van der Waals surface area contributed by atoms with E-state index in [0.29, 0.717) is 5.92 Å². The highest BCUT2D eigenvalue weighted by atomic mass is 79.9. The van der Waals surface area contributed by atoms with Gasteiger partial charge in [-0.2, -0.15) is 0 Å². The van der Waals surface area contributed by atoms with Crippen LogP contribution in [-0.2, 0) is 0 Å². The molecule has 2 atom stereocenters. The number of halogens is 1. The molecule has 1 N–H and O–H groups in total. The van der Waals surface area contributed by atoms with Gasteiger partial charge < -0.3 is 10.0 Å². The van der Waals surface area contributed by atoms with Gasteiger partial charge in [-0.3, -0.25) is 0 Å². The number of fused-ring (bicyclic) bond motifs is 4. The average molecular weight is 373 g/mol. The Morgan fingerprint density at radius 1 is 1.29 bits per heavy atom. The van der Waals surface area contributed by atoms with Crippen LogP contribution in [0.1, 0.15) is 65.2 Å². The molecule has 0 saturated heterocycles. The van der Waals surface area contributed by atoms with Crippen molar-refractivity contribution in [2.45, 2.75) is 76.5 Å². The first-order valence-electron chi connectivity index (χ1n) is 8.11. The topological polar surface area (TPSA) is 35.8 Å². The molecule has 2 fully saturated rings. The van der Waals surface area contributed by atoms with Crippen LogP contribution in [-0.4, -0.2) is 26.4 Å². The Labute approximate surface area is 142 Å². The van der Waals surface area contributed by atoms with E-state index in [1.165, 1.54) is 36.3 Å². The van der Waals surface area contributed by atoms with E-state index in [4.69, 9.17) is 4.99 Å². The van der Waals surface area contributed by atoms with Gasteiger partial charge in [-0.25, -0.2) is 4.99 Å². The number of hydrogen-bond acceptors (Lipinski definition) is 4. The van der Waals surface area contributed by atoms with Crippen LogP contribution in [0.15, 0.2) is 15.6 Å². The highest BCUT2D eigenvalue weighted by Crippen LogP contribution is 2.59. The molecule has 0 radical (unpaired) electrons.